The molecule has 76 valence electrons. The maximum atomic E-state index is 5.49. The van der Waals surface area contributed by atoms with Crippen LogP contribution in [0.15, 0.2) is 41.6 Å². The van der Waals surface area contributed by atoms with Crippen molar-refractivity contribution in [3.8, 4) is 5.69 Å². The van der Waals surface area contributed by atoms with E-state index in [4.69, 9.17) is 11.6 Å². The van der Waals surface area contributed by atoms with Gasteiger partial charge in [-0.1, -0.05) is 18.2 Å². The highest BCUT2D eigenvalue weighted by atomic mass is 15.5. The standard InChI is InChI=1S/C9H10N6/c10-9(13-11)8-6-12-15(14-8)7-4-2-1-3-5-7/h1-6H,11H2,(H2,10,13). The Bertz CT molecular complexity index is 472. The molecule has 6 nitrogen and oxygen atoms in total. The van der Waals surface area contributed by atoms with E-state index in [9.17, 15) is 0 Å². The zero-order valence-corrected chi connectivity index (χ0v) is 7.91. The second kappa shape index (κ2) is 3.79. The first-order valence-electron chi connectivity index (χ1n) is 4.33. The Hall–Kier alpha value is -2.37. The number of rotatable bonds is 2. The number of hydrazone groups is 1. The number of para-hydroxylation sites is 1. The lowest BCUT2D eigenvalue weighted by Crippen LogP contribution is -2.16. The fraction of sp³-hybridized carbons (Fsp3) is 0. The van der Waals surface area contributed by atoms with E-state index in [1.807, 2.05) is 30.3 Å². The van der Waals surface area contributed by atoms with E-state index in [0.717, 1.165) is 5.69 Å². The van der Waals surface area contributed by atoms with Crippen molar-refractivity contribution >= 4 is 5.84 Å². The van der Waals surface area contributed by atoms with Crippen molar-refractivity contribution in [1.29, 1.82) is 0 Å². The summed E-state index contributed by atoms with van der Waals surface area (Å²) < 4.78 is 0. The highest BCUT2D eigenvalue weighted by molar-refractivity contribution is 5.95. The van der Waals surface area contributed by atoms with Crippen LogP contribution in [-0.4, -0.2) is 20.8 Å². The molecule has 2 rings (SSSR count). The Balaban J connectivity index is 2.36. The SMILES string of the molecule is N/N=C(/N)c1cnn(-c2ccccc2)n1. The lowest BCUT2D eigenvalue weighted by atomic mass is 10.3. The largest absolute Gasteiger partial charge is 0.380 e. The molecule has 0 fully saturated rings. The molecular formula is C9H10N6. The van der Waals surface area contributed by atoms with Crippen molar-refractivity contribution in [2.24, 2.45) is 16.7 Å². The van der Waals surface area contributed by atoms with Gasteiger partial charge in [0.15, 0.2) is 5.84 Å². The Morgan fingerprint density at radius 3 is 2.67 bits per heavy atom. The number of aromatic nitrogens is 3. The zero-order chi connectivity index (χ0) is 10.7. The van der Waals surface area contributed by atoms with Crippen LogP contribution in [0.1, 0.15) is 5.69 Å². The van der Waals surface area contributed by atoms with E-state index in [1.165, 1.54) is 11.0 Å². The Kier molecular flexibility index (Phi) is 2.32. The van der Waals surface area contributed by atoms with Gasteiger partial charge >= 0.3 is 0 Å². The molecular weight excluding hydrogens is 192 g/mol. The second-order valence-corrected chi connectivity index (χ2v) is 2.87. The lowest BCUT2D eigenvalue weighted by Gasteiger charge is -1.97. The van der Waals surface area contributed by atoms with Gasteiger partial charge in [0.25, 0.3) is 0 Å². The first-order chi connectivity index (χ1) is 7.31. The van der Waals surface area contributed by atoms with Gasteiger partial charge in [-0.2, -0.15) is 15.0 Å². The van der Waals surface area contributed by atoms with E-state index in [1.54, 1.807) is 0 Å². The fourth-order valence-corrected chi connectivity index (χ4v) is 1.13. The number of benzene rings is 1. The van der Waals surface area contributed by atoms with Crippen molar-refractivity contribution in [3.63, 3.8) is 0 Å². The quantitative estimate of drug-likeness (QED) is 0.306. The van der Waals surface area contributed by atoms with Gasteiger partial charge in [0.1, 0.15) is 5.69 Å². The van der Waals surface area contributed by atoms with Crippen molar-refractivity contribution in [3.05, 3.63) is 42.2 Å². The molecule has 2 aromatic rings. The first kappa shape index (κ1) is 9.20. The van der Waals surface area contributed by atoms with Crippen LogP contribution >= 0.6 is 0 Å². The zero-order valence-electron chi connectivity index (χ0n) is 7.91. The summed E-state index contributed by atoms with van der Waals surface area (Å²) in [5.41, 5.74) is 6.81. The van der Waals surface area contributed by atoms with Crippen LogP contribution in [0.25, 0.3) is 5.69 Å². The van der Waals surface area contributed by atoms with Crippen molar-refractivity contribution in [1.82, 2.24) is 15.0 Å². The summed E-state index contributed by atoms with van der Waals surface area (Å²) in [7, 11) is 0. The van der Waals surface area contributed by atoms with Gasteiger partial charge in [0.05, 0.1) is 11.9 Å². The number of nitrogens with two attached hydrogens (primary N) is 2. The van der Waals surface area contributed by atoms with Gasteiger partial charge in [-0.15, -0.1) is 5.10 Å². The molecule has 1 heterocycles. The van der Waals surface area contributed by atoms with Gasteiger partial charge in [-0.05, 0) is 12.1 Å². The third-order valence-electron chi connectivity index (χ3n) is 1.88. The van der Waals surface area contributed by atoms with E-state index in [-0.39, 0.29) is 5.84 Å². The highest BCUT2D eigenvalue weighted by Gasteiger charge is 2.05. The summed E-state index contributed by atoms with van der Waals surface area (Å²) >= 11 is 0. The molecule has 6 heteroatoms. The summed E-state index contributed by atoms with van der Waals surface area (Å²) in [5, 5.41) is 11.5. The maximum Gasteiger partial charge on any atom is 0.172 e. The van der Waals surface area contributed by atoms with Crippen LogP contribution in [-0.2, 0) is 0 Å². The molecule has 1 aromatic carbocycles. The summed E-state index contributed by atoms with van der Waals surface area (Å²) in [5.74, 6) is 5.20. The fourth-order valence-electron chi connectivity index (χ4n) is 1.13. The van der Waals surface area contributed by atoms with Gasteiger partial charge in [0.2, 0.25) is 0 Å². The third kappa shape index (κ3) is 1.78. The molecule has 0 spiro atoms. The molecule has 0 saturated heterocycles. The molecule has 0 aliphatic carbocycles. The molecule has 0 bridgehead atoms. The monoisotopic (exact) mass is 202 g/mol. The lowest BCUT2D eigenvalue weighted by molar-refractivity contribution is 0.750. The summed E-state index contributed by atoms with van der Waals surface area (Å²) in [6.07, 6.45) is 1.51. The molecule has 0 amide bonds. The van der Waals surface area contributed by atoms with Crippen molar-refractivity contribution in [2.75, 3.05) is 0 Å². The van der Waals surface area contributed by atoms with Crippen LogP contribution in [0.5, 0.6) is 0 Å². The number of hydrogen-bond donors (Lipinski definition) is 2. The van der Waals surface area contributed by atoms with Gasteiger partial charge in [-0.25, -0.2) is 0 Å². The molecule has 1 aromatic heterocycles. The second-order valence-electron chi connectivity index (χ2n) is 2.87. The van der Waals surface area contributed by atoms with Crippen molar-refractivity contribution in [2.45, 2.75) is 0 Å². The van der Waals surface area contributed by atoms with Crippen LogP contribution in [0.3, 0.4) is 0 Å². The normalized spacial score (nSPS) is 11.6. The van der Waals surface area contributed by atoms with Gasteiger partial charge in [0, 0.05) is 0 Å². The molecule has 0 unspecified atom stereocenters. The molecule has 0 aliphatic heterocycles. The minimum atomic E-state index is 0.164. The summed E-state index contributed by atoms with van der Waals surface area (Å²) in [4.78, 5) is 1.47. The number of hydrogen-bond acceptors (Lipinski definition) is 4. The number of amidine groups is 1. The van der Waals surface area contributed by atoms with E-state index < -0.39 is 0 Å². The minimum absolute atomic E-state index is 0.164. The molecule has 0 atom stereocenters. The Morgan fingerprint density at radius 2 is 2.00 bits per heavy atom. The topological polar surface area (TPSA) is 95.1 Å². The van der Waals surface area contributed by atoms with Crippen LogP contribution in [0.2, 0.25) is 0 Å². The maximum absolute atomic E-state index is 5.49. The Labute approximate surface area is 86.2 Å². The predicted molar refractivity (Wildman–Crippen MR) is 56.3 cm³/mol. The van der Waals surface area contributed by atoms with E-state index in [2.05, 4.69) is 15.3 Å². The van der Waals surface area contributed by atoms with Gasteiger partial charge < -0.3 is 11.6 Å². The Morgan fingerprint density at radius 1 is 1.27 bits per heavy atom. The molecule has 0 radical (unpaired) electrons. The molecule has 0 saturated carbocycles. The summed E-state index contributed by atoms with van der Waals surface area (Å²) in [6.45, 7) is 0. The predicted octanol–water partition coefficient (Wildman–Crippen LogP) is -0.154. The number of nitrogens with zero attached hydrogens (tertiary/aromatic N) is 4. The van der Waals surface area contributed by atoms with Crippen LogP contribution < -0.4 is 11.6 Å². The van der Waals surface area contributed by atoms with Gasteiger partial charge in [-0.3, -0.25) is 0 Å². The third-order valence-corrected chi connectivity index (χ3v) is 1.88. The average Bonchev–Trinajstić information content (AvgIpc) is 2.78. The molecule has 4 N–H and O–H groups in total. The van der Waals surface area contributed by atoms with E-state index in [0.29, 0.717) is 5.69 Å². The summed E-state index contributed by atoms with van der Waals surface area (Å²) in [6, 6.07) is 9.50. The molecule has 0 aliphatic rings. The smallest absolute Gasteiger partial charge is 0.172 e. The van der Waals surface area contributed by atoms with Crippen molar-refractivity contribution < 1.29 is 0 Å². The highest BCUT2D eigenvalue weighted by Crippen LogP contribution is 2.03. The molecule has 15 heavy (non-hydrogen) atoms. The average molecular weight is 202 g/mol. The van der Waals surface area contributed by atoms with E-state index >= 15 is 0 Å². The van der Waals surface area contributed by atoms with Crippen LogP contribution in [0.4, 0.5) is 0 Å². The van der Waals surface area contributed by atoms with Crippen LogP contribution in [0, 0.1) is 0 Å². The first-order valence-corrected chi connectivity index (χ1v) is 4.33. The minimum Gasteiger partial charge on any atom is -0.380 e.